The number of nitrogens with zero attached hydrogens (tertiary/aromatic N) is 2. The number of hydrogen-bond acceptors (Lipinski definition) is 4. The van der Waals surface area contributed by atoms with Gasteiger partial charge in [0.2, 0.25) is 0 Å². The number of hydrogen-bond donors (Lipinski definition) is 1. The molecule has 6 nitrogen and oxygen atoms in total. The standard InChI is InChI=1S/C15H19N3O3/c1-10-11(4-6-21-10)8-18(2)15(19)13-7-16-17-14(13)12-3-5-20-9-12/h4,6-7,12H,3,5,8-9H2,1-2H3,(H,16,17)/t12-/m1/s1. The summed E-state index contributed by atoms with van der Waals surface area (Å²) in [7, 11) is 1.79. The molecule has 1 aliphatic rings. The van der Waals surface area contributed by atoms with Gasteiger partial charge in [-0.3, -0.25) is 9.89 Å². The Morgan fingerprint density at radius 3 is 3.10 bits per heavy atom. The molecule has 0 unspecified atom stereocenters. The second-order valence-corrected chi connectivity index (χ2v) is 5.42. The van der Waals surface area contributed by atoms with Crippen LogP contribution in [0.3, 0.4) is 0 Å². The van der Waals surface area contributed by atoms with E-state index < -0.39 is 0 Å². The maximum Gasteiger partial charge on any atom is 0.257 e. The van der Waals surface area contributed by atoms with Gasteiger partial charge in [-0.2, -0.15) is 5.10 Å². The van der Waals surface area contributed by atoms with E-state index in [1.165, 1.54) is 0 Å². The van der Waals surface area contributed by atoms with Crippen molar-refractivity contribution in [2.24, 2.45) is 0 Å². The van der Waals surface area contributed by atoms with E-state index in [4.69, 9.17) is 9.15 Å². The Morgan fingerprint density at radius 1 is 1.57 bits per heavy atom. The Kier molecular flexibility index (Phi) is 3.79. The van der Waals surface area contributed by atoms with Crippen molar-refractivity contribution in [3.8, 4) is 0 Å². The smallest absolute Gasteiger partial charge is 0.257 e. The molecule has 2 aromatic rings. The molecule has 0 aliphatic carbocycles. The molecule has 3 heterocycles. The summed E-state index contributed by atoms with van der Waals surface area (Å²) in [4.78, 5) is 14.3. The third-order valence-electron chi connectivity index (χ3n) is 3.96. The van der Waals surface area contributed by atoms with Crippen molar-refractivity contribution in [1.82, 2.24) is 15.1 Å². The molecule has 1 aliphatic heterocycles. The van der Waals surface area contributed by atoms with Gasteiger partial charge in [0.1, 0.15) is 5.76 Å². The van der Waals surface area contributed by atoms with E-state index in [1.807, 2.05) is 13.0 Å². The lowest BCUT2D eigenvalue weighted by Crippen LogP contribution is -2.27. The highest BCUT2D eigenvalue weighted by molar-refractivity contribution is 5.95. The van der Waals surface area contributed by atoms with Gasteiger partial charge in [0.05, 0.1) is 30.3 Å². The molecule has 0 saturated carbocycles. The van der Waals surface area contributed by atoms with E-state index in [0.717, 1.165) is 30.0 Å². The van der Waals surface area contributed by atoms with E-state index in [1.54, 1.807) is 24.4 Å². The lowest BCUT2D eigenvalue weighted by molar-refractivity contribution is 0.0783. The van der Waals surface area contributed by atoms with Gasteiger partial charge in [-0.05, 0) is 19.4 Å². The van der Waals surface area contributed by atoms with E-state index in [-0.39, 0.29) is 11.8 Å². The number of amides is 1. The fraction of sp³-hybridized carbons (Fsp3) is 0.467. The van der Waals surface area contributed by atoms with Gasteiger partial charge in [0, 0.05) is 31.7 Å². The van der Waals surface area contributed by atoms with Gasteiger partial charge in [-0.15, -0.1) is 0 Å². The Bertz CT molecular complexity index is 626. The SMILES string of the molecule is Cc1occc1CN(C)C(=O)c1cn[nH]c1[C@@H]1CCOC1. The van der Waals surface area contributed by atoms with E-state index in [0.29, 0.717) is 18.7 Å². The van der Waals surface area contributed by atoms with E-state index >= 15 is 0 Å². The Labute approximate surface area is 123 Å². The number of H-pyrrole nitrogens is 1. The molecular weight excluding hydrogens is 270 g/mol. The van der Waals surface area contributed by atoms with Crippen molar-refractivity contribution >= 4 is 5.91 Å². The zero-order valence-corrected chi connectivity index (χ0v) is 12.3. The predicted octanol–water partition coefficient (Wildman–Crippen LogP) is 2.09. The maximum atomic E-state index is 12.6. The topological polar surface area (TPSA) is 71.4 Å². The number of ether oxygens (including phenoxy) is 1. The molecule has 1 fully saturated rings. The van der Waals surface area contributed by atoms with Crippen molar-refractivity contribution in [2.45, 2.75) is 25.8 Å². The van der Waals surface area contributed by atoms with Crippen LogP contribution in [0.2, 0.25) is 0 Å². The first-order chi connectivity index (χ1) is 10.2. The molecule has 0 aromatic carbocycles. The molecule has 2 aromatic heterocycles. The minimum atomic E-state index is -0.0359. The van der Waals surface area contributed by atoms with Crippen molar-refractivity contribution in [3.05, 3.63) is 41.1 Å². The van der Waals surface area contributed by atoms with Crippen LogP contribution in [0.25, 0.3) is 0 Å². The summed E-state index contributed by atoms with van der Waals surface area (Å²) >= 11 is 0. The fourth-order valence-corrected chi connectivity index (χ4v) is 2.65. The van der Waals surface area contributed by atoms with Crippen LogP contribution >= 0.6 is 0 Å². The Hall–Kier alpha value is -2.08. The second-order valence-electron chi connectivity index (χ2n) is 5.42. The third kappa shape index (κ3) is 2.71. The zero-order valence-electron chi connectivity index (χ0n) is 12.3. The second kappa shape index (κ2) is 5.73. The van der Waals surface area contributed by atoms with Crippen molar-refractivity contribution in [3.63, 3.8) is 0 Å². The normalized spacial score (nSPS) is 18.1. The molecular formula is C15H19N3O3. The minimum Gasteiger partial charge on any atom is -0.469 e. The van der Waals surface area contributed by atoms with Crippen LogP contribution in [-0.2, 0) is 11.3 Å². The minimum absolute atomic E-state index is 0.0359. The highest BCUT2D eigenvalue weighted by Crippen LogP contribution is 2.27. The molecule has 1 N–H and O–H groups in total. The molecule has 1 amide bonds. The number of aromatic nitrogens is 2. The molecule has 1 atom stereocenters. The number of furan rings is 1. The monoisotopic (exact) mass is 289 g/mol. The first kappa shape index (κ1) is 13.9. The summed E-state index contributed by atoms with van der Waals surface area (Å²) in [5, 5.41) is 7.00. The van der Waals surface area contributed by atoms with Crippen LogP contribution in [-0.4, -0.2) is 41.3 Å². The first-order valence-corrected chi connectivity index (χ1v) is 7.06. The van der Waals surface area contributed by atoms with E-state index in [9.17, 15) is 4.79 Å². The zero-order chi connectivity index (χ0) is 14.8. The van der Waals surface area contributed by atoms with Gasteiger partial charge in [-0.25, -0.2) is 0 Å². The van der Waals surface area contributed by atoms with Crippen LogP contribution in [0.4, 0.5) is 0 Å². The van der Waals surface area contributed by atoms with Crippen LogP contribution in [0.1, 0.15) is 39.7 Å². The molecule has 6 heteroatoms. The number of rotatable bonds is 4. The molecule has 0 radical (unpaired) electrons. The predicted molar refractivity (Wildman–Crippen MR) is 76.0 cm³/mol. The molecule has 0 spiro atoms. The summed E-state index contributed by atoms with van der Waals surface area (Å²) in [6.07, 6.45) is 4.17. The van der Waals surface area contributed by atoms with Gasteiger partial charge >= 0.3 is 0 Å². The largest absolute Gasteiger partial charge is 0.469 e. The molecule has 0 bridgehead atoms. The average Bonchev–Trinajstić information content (AvgIpc) is 3.18. The number of nitrogens with one attached hydrogen (secondary N) is 1. The summed E-state index contributed by atoms with van der Waals surface area (Å²) < 4.78 is 10.7. The van der Waals surface area contributed by atoms with Crippen LogP contribution in [0.15, 0.2) is 22.9 Å². The summed E-state index contributed by atoms with van der Waals surface area (Å²) in [5.74, 6) is 1.04. The third-order valence-corrected chi connectivity index (χ3v) is 3.96. The summed E-state index contributed by atoms with van der Waals surface area (Å²) in [6, 6.07) is 1.89. The van der Waals surface area contributed by atoms with E-state index in [2.05, 4.69) is 10.2 Å². The highest BCUT2D eigenvalue weighted by atomic mass is 16.5. The van der Waals surface area contributed by atoms with Gasteiger partial charge < -0.3 is 14.1 Å². The average molecular weight is 289 g/mol. The molecule has 21 heavy (non-hydrogen) atoms. The van der Waals surface area contributed by atoms with Crippen LogP contribution < -0.4 is 0 Å². The molecule has 1 saturated heterocycles. The molecule has 112 valence electrons. The highest BCUT2D eigenvalue weighted by Gasteiger charge is 2.26. The summed E-state index contributed by atoms with van der Waals surface area (Å²) in [5.41, 5.74) is 2.53. The summed E-state index contributed by atoms with van der Waals surface area (Å²) in [6.45, 7) is 3.80. The lowest BCUT2D eigenvalue weighted by atomic mass is 10.0. The number of carbonyl (C=O) groups is 1. The number of aryl methyl sites for hydroxylation is 1. The fourth-order valence-electron chi connectivity index (χ4n) is 2.65. The van der Waals surface area contributed by atoms with Crippen molar-refractivity contribution < 1.29 is 13.9 Å². The Balaban J connectivity index is 1.76. The van der Waals surface area contributed by atoms with Gasteiger partial charge in [0.15, 0.2) is 0 Å². The lowest BCUT2D eigenvalue weighted by Gasteiger charge is -2.17. The van der Waals surface area contributed by atoms with Gasteiger partial charge in [0.25, 0.3) is 5.91 Å². The van der Waals surface area contributed by atoms with Crippen LogP contribution in [0.5, 0.6) is 0 Å². The van der Waals surface area contributed by atoms with Crippen molar-refractivity contribution in [2.75, 3.05) is 20.3 Å². The Morgan fingerprint density at radius 2 is 2.43 bits per heavy atom. The van der Waals surface area contributed by atoms with Gasteiger partial charge in [-0.1, -0.05) is 0 Å². The quantitative estimate of drug-likeness (QED) is 0.935. The number of carbonyl (C=O) groups excluding carboxylic acids is 1. The van der Waals surface area contributed by atoms with Crippen molar-refractivity contribution in [1.29, 1.82) is 0 Å². The molecule has 3 rings (SSSR count). The number of aromatic amines is 1. The first-order valence-electron chi connectivity index (χ1n) is 7.06. The maximum absolute atomic E-state index is 12.6. The van der Waals surface area contributed by atoms with Crippen LogP contribution in [0, 0.1) is 6.92 Å².